The van der Waals surface area contributed by atoms with Gasteiger partial charge in [0.05, 0.1) is 50.1 Å². The SMILES string of the molecule is CC[C@@H](C)[C@H](NC(=O)OC)C(=O)N1CCC[C@H]1c1ncc(-c2ccc(-c3cc4cc(-c5cnc([C@@H]6CCCN6C(=O)[C@@H](NC(=O)OC)[C@H](C)CC)[nH]5)ccc4o3)cc2)[nH]1. The number of likely N-dealkylation sites (tertiary alicyclic amines) is 2. The Bertz CT molecular complexity index is 2280. The molecule has 2 aliphatic rings. The molecule has 7 rings (SSSR count). The fourth-order valence-corrected chi connectivity index (χ4v) is 8.20. The van der Waals surface area contributed by atoms with Crippen molar-refractivity contribution in [3.63, 3.8) is 0 Å². The number of ether oxygens (including phenoxy) is 2. The molecule has 6 atom stereocenters. The highest BCUT2D eigenvalue weighted by Gasteiger charge is 2.39. The number of amides is 4. The Kier molecular flexibility index (Phi) is 12.4. The van der Waals surface area contributed by atoms with E-state index in [1.54, 1.807) is 12.4 Å². The van der Waals surface area contributed by atoms with Gasteiger partial charge in [-0.05, 0) is 67.3 Å². The highest BCUT2D eigenvalue weighted by molar-refractivity contribution is 5.88. The van der Waals surface area contributed by atoms with Gasteiger partial charge in [-0.3, -0.25) is 9.59 Å². The lowest BCUT2D eigenvalue weighted by atomic mass is 9.97. The van der Waals surface area contributed by atoms with Crippen LogP contribution in [-0.2, 0) is 19.1 Å². The van der Waals surface area contributed by atoms with Gasteiger partial charge in [-0.25, -0.2) is 19.6 Å². The van der Waals surface area contributed by atoms with Gasteiger partial charge in [-0.15, -0.1) is 0 Å². The summed E-state index contributed by atoms with van der Waals surface area (Å²) in [5.74, 6) is 1.76. The monoisotopic (exact) mass is 806 g/mol. The molecule has 0 spiro atoms. The molecule has 3 aromatic heterocycles. The van der Waals surface area contributed by atoms with Crippen molar-refractivity contribution in [1.82, 2.24) is 40.4 Å². The van der Waals surface area contributed by atoms with Gasteiger partial charge >= 0.3 is 12.2 Å². The molecule has 5 aromatic rings. The number of furan rings is 1. The maximum Gasteiger partial charge on any atom is 0.407 e. The first-order chi connectivity index (χ1) is 28.5. The van der Waals surface area contributed by atoms with Crippen molar-refractivity contribution in [2.24, 2.45) is 11.8 Å². The molecule has 0 radical (unpaired) electrons. The molecule has 4 N–H and O–H groups in total. The number of aromatic nitrogens is 4. The number of hydrogen-bond donors (Lipinski definition) is 4. The van der Waals surface area contributed by atoms with Crippen molar-refractivity contribution in [3.05, 3.63) is 72.6 Å². The van der Waals surface area contributed by atoms with Gasteiger partial charge in [-0.2, -0.15) is 0 Å². The number of methoxy groups -OCH3 is 2. The molecule has 312 valence electrons. The van der Waals surface area contributed by atoms with Gasteiger partial charge in [0.1, 0.15) is 35.1 Å². The number of benzene rings is 2. The number of H-pyrrole nitrogens is 2. The summed E-state index contributed by atoms with van der Waals surface area (Å²) in [6.45, 7) is 9.07. The molecule has 2 aromatic carbocycles. The van der Waals surface area contributed by atoms with Gasteiger partial charge in [0.15, 0.2) is 0 Å². The molecule has 15 nitrogen and oxygen atoms in total. The van der Waals surface area contributed by atoms with Crippen LogP contribution in [0, 0.1) is 11.8 Å². The van der Waals surface area contributed by atoms with Crippen molar-refractivity contribution in [2.75, 3.05) is 27.3 Å². The second kappa shape index (κ2) is 17.8. The van der Waals surface area contributed by atoms with E-state index in [9.17, 15) is 19.2 Å². The standard InChI is InChI=1S/C44H54N8O7/c1-7-25(3)37(49-43(55)57-5)41(53)51-19-9-11-33(51)39-45-23-31(47-39)27-13-15-28(16-14-27)36-22-30-21-29(17-18-35(30)59-36)32-24-46-40(48-32)34-12-10-20-52(34)42(54)38(26(4)8-2)50-44(56)58-6/h13-18,21-26,33-34,37-38H,7-12,19-20H2,1-6H3,(H,45,47)(H,46,48)(H,49,55)(H,50,56)/t25-,26-,33+,34+,37+,38+/m1/s1. The van der Waals surface area contributed by atoms with Crippen LogP contribution in [0.3, 0.4) is 0 Å². The largest absolute Gasteiger partial charge is 0.456 e. The van der Waals surface area contributed by atoms with Gasteiger partial charge in [-0.1, -0.05) is 64.8 Å². The minimum Gasteiger partial charge on any atom is -0.456 e. The first-order valence-corrected chi connectivity index (χ1v) is 20.6. The molecular weight excluding hydrogens is 753 g/mol. The lowest BCUT2D eigenvalue weighted by Gasteiger charge is -2.30. The van der Waals surface area contributed by atoms with E-state index < -0.39 is 24.3 Å². The van der Waals surface area contributed by atoms with E-state index in [1.807, 2.05) is 80.0 Å². The molecule has 0 aliphatic carbocycles. The molecule has 15 heteroatoms. The zero-order valence-corrected chi connectivity index (χ0v) is 34.5. The Hall–Kier alpha value is -6.12. The maximum atomic E-state index is 13.7. The number of hydrogen-bond acceptors (Lipinski definition) is 9. The average Bonchev–Trinajstić information content (AvgIpc) is 4.12. The van der Waals surface area contributed by atoms with Crippen LogP contribution in [0.25, 0.3) is 44.8 Å². The number of alkyl carbamates (subject to hydrolysis) is 2. The van der Waals surface area contributed by atoms with Crippen LogP contribution >= 0.6 is 0 Å². The van der Waals surface area contributed by atoms with Crippen LogP contribution in [0.15, 0.2) is 65.3 Å². The summed E-state index contributed by atoms with van der Waals surface area (Å²) in [5.41, 5.74) is 5.22. The van der Waals surface area contributed by atoms with E-state index >= 15 is 0 Å². The molecule has 2 fully saturated rings. The molecular formula is C44H54N8O7. The summed E-state index contributed by atoms with van der Waals surface area (Å²) in [6, 6.07) is 14.3. The van der Waals surface area contributed by atoms with Crippen LogP contribution in [0.2, 0.25) is 0 Å². The fourth-order valence-electron chi connectivity index (χ4n) is 8.20. The van der Waals surface area contributed by atoms with Gasteiger partial charge < -0.3 is 44.3 Å². The number of nitrogens with one attached hydrogen (secondary N) is 4. The third kappa shape index (κ3) is 8.55. The lowest BCUT2D eigenvalue weighted by molar-refractivity contribution is -0.136. The molecule has 2 saturated heterocycles. The minimum absolute atomic E-state index is 0.0618. The Morgan fingerprint density at radius 2 is 1.20 bits per heavy atom. The summed E-state index contributed by atoms with van der Waals surface area (Å²) in [4.78, 5) is 71.6. The number of carbonyl (C=O) groups excluding carboxylic acids is 4. The van der Waals surface area contributed by atoms with E-state index in [-0.39, 0.29) is 35.7 Å². The third-order valence-corrected chi connectivity index (χ3v) is 12.1. The predicted octanol–water partition coefficient (Wildman–Crippen LogP) is 7.75. The molecule has 59 heavy (non-hydrogen) atoms. The zero-order chi connectivity index (χ0) is 41.8. The number of rotatable bonds is 13. The van der Waals surface area contributed by atoms with Crippen LogP contribution in [0.4, 0.5) is 9.59 Å². The summed E-state index contributed by atoms with van der Waals surface area (Å²) < 4.78 is 15.9. The number of imidazole rings is 2. The fraction of sp³-hybridized carbons (Fsp3) is 0.455. The highest BCUT2D eigenvalue weighted by atomic mass is 16.5. The van der Waals surface area contributed by atoms with Crippen molar-refractivity contribution in [1.29, 1.82) is 0 Å². The van der Waals surface area contributed by atoms with E-state index in [0.717, 1.165) is 83.3 Å². The summed E-state index contributed by atoms with van der Waals surface area (Å²) in [5, 5.41) is 6.43. The number of carbonyl (C=O) groups is 4. The van der Waals surface area contributed by atoms with Crippen molar-refractivity contribution in [2.45, 2.75) is 90.4 Å². The Morgan fingerprint density at radius 3 is 1.69 bits per heavy atom. The molecule has 0 saturated carbocycles. The highest BCUT2D eigenvalue weighted by Crippen LogP contribution is 2.36. The topological polar surface area (TPSA) is 188 Å². The van der Waals surface area contributed by atoms with E-state index in [0.29, 0.717) is 24.7 Å². The van der Waals surface area contributed by atoms with E-state index in [1.165, 1.54) is 14.2 Å². The van der Waals surface area contributed by atoms with Crippen LogP contribution in [-0.4, -0.2) is 93.1 Å². The second-order valence-corrected chi connectivity index (χ2v) is 15.7. The smallest absolute Gasteiger partial charge is 0.407 e. The molecule has 0 bridgehead atoms. The Morgan fingerprint density at radius 1 is 0.729 bits per heavy atom. The molecule has 2 aliphatic heterocycles. The van der Waals surface area contributed by atoms with E-state index in [4.69, 9.17) is 23.9 Å². The van der Waals surface area contributed by atoms with Crippen LogP contribution < -0.4 is 10.6 Å². The normalized spacial score (nSPS) is 18.7. The quantitative estimate of drug-likeness (QED) is 0.0923. The summed E-state index contributed by atoms with van der Waals surface area (Å²) in [7, 11) is 2.59. The van der Waals surface area contributed by atoms with Gasteiger partial charge in [0, 0.05) is 29.6 Å². The zero-order valence-electron chi connectivity index (χ0n) is 34.5. The van der Waals surface area contributed by atoms with Crippen molar-refractivity contribution >= 4 is 35.0 Å². The van der Waals surface area contributed by atoms with Crippen molar-refractivity contribution < 1.29 is 33.1 Å². The first kappa shape index (κ1) is 41.1. The summed E-state index contributed by atoms with van der Waals surface area (Å²) >= 11 is 0. The number of aromatic amines is 2. The van der Waals surface area contributed by atoms with Crippen LogP contribution in [0.5, 0.6) is 0 Å². The molecule has 0 unspecified atom stereocenters. The van der Waals surface area contributed by atoms with Gasteiger partial charge in [0.2, 0.25) is 11.8 Å². The second-order valence-electron chi connectivity index (χ2n) is 15.7. The van der Waals surface area contributed by atoms with Crippen molar-refractivity contribution in [3.8, 4) is 33.8 Å². The average molecular weight is 807 g/mol. The Labute approximate surface area is 343 Å². The predicted molar refractivity (Wildman–Crippen MR) is 222 cm³/mol. The number of nitrogens with zero attached hydrogens (tertiary/aromatic N) is 4. The molecule has 5 heterocycles. The summed E-state index contributed by atoms with van der Waals surface area (Å²) in [6.07, 6.45) is 7.03. The third-order valence-electron chi connectivity index (χ3n) is 12.1. The minimum atomic E-state index is -0.686. The first-order valence-electron chi connectivity index (χ1n) is 20.6. The van der Waals surface area contributed by atoms with Gasteiger partial charge in [0.25, 0.3) is 0 Å². The van der Waals surface area contributed by atoms with Crippen LogP contribution in [0.1, 0.15) is 90.0 Å². The van der Waals surface area contributed by atoms with E-state index in [2.05, 4.69) is 26.7 Å². The lowest BCUT2D eigenvalue weighted by Crippen LogP contribution is -2.51. The molecule has 4 amide bonds. The maximum absolute atomic E-state index is 13.7. The Balaban J connectivity index is 1.03. The number of fused-ring (bicyclic) bond motifs is 1.